The summed E-state index contributed by atoms with van der Waals surface area (Å²) in [6.07, 6.45) is 4.13. The van der Waals surface area contributed by atoms with Crippen molar-refractivity contribution in [3.05, 3.63) is 48.4 Å². The number of rotatable bonds is 7. The van der Waals surface area contributed by atoms with E-state index in [1.165, 1.54) is 12.1 Å². The number of primary amides is 1. The summed E-state index contributed by atoms with van der Waals surface area (Å²) in [5.74, 6) is -0.0935. The molecule has 0 fully saturated rings. The molecule has 3 N–H and O–H groups in total. The molecule has 25 heavy (non-hydrogen) atoms. The van der Waals surface area contributed by atoms with Gasteiger partial charge in [-0.2, -0.15) is 9.61 Å². The summed E-state index contributed by atoms with van der Waals surface area (Å²) in [5, 5.41) is 7.42. The summed E-state index contributed by atoms with van der Waals surface area (Å²) >= 11 is 0. The average molecular weight is 341 g/mol. The number of unbranched alkanes of at least 4 members (excludes halogenated alkanes) is 1. The number of fused-ring (bicyclic) bond motifs is 1. The number of hydrogen-bond donors (Lipinski definition) is 2. The maximum absolute atomic E-state index is 13.2. The maximum Gasteiger partial charge on any atom is 0.239 e. The third kappa shape index (κ3) is 3.76. The van der Waals surface area contributed by atoms with E-state index >= 15 is 0 Å². The molecule has 6 nitrogen and oxygen atoms in total. The quantitative estimate of drug-likeness (QED) is 0.692. The van der Waals surface area contributed by atoms with Gasteiger partial charge in [0.2, 0.25) is 5.91 Å². The van der Waals surface area contributed by atoms with Gasteiger partial charge in [0.1, 0.15) is 17.7 Å². The average Bonchev–Trinajstić information content (AvgIpc) is 3.07. The topological polar surface area (TPSA) is 85.3 Å². The van der Waals surface area contributed by atoms with E-state index in [1.807, 2.05) is 0 Å². The highest BCUT2D eigenvalue weighted by Gasteiger charge is 2.17. The van der Waals surface area contributed by atoms with Crippen molar-refractivity contribution in [2.24, 2.45) is 5.73 Å². The number of carbonyl (C=O) groups excluding carboxylic acids is 1. The normalized spacial score (nSPS) is 12.2. The molecular weight excluding hydrogens is 321 g/mol. The van der Waals surface area contributed by atoms with Crippen LogP contribution < -0.4 is 11.1 Å². The molecule has 130 valence electrons. The number of halogens is 1. The molecule has 2 heterocycles. The first-order valence-electron chi connectivity index (χ1n) is 8.25. The fourth-order valence-electron chi connectivity index (χ4n) is 2.66. The fraction of sp³-hybridized carbons (Fsp3) is 0.278. The van der Waals surface area contributed by atoms with Crippen LogP contribution in [0.4, 0.5) is 10.2 Å². The fourth-order valence-corrected chi connectivity index (χ4v) is 2.66. The number of aromatic nitrogens is 3. The van der Waals surface area contributed by atoms with Crippen molar-refractivity contribution in [3.63, 3.8) is 0 Å². The lowest BCUT2D eigenvalue weighted by atomic mass is 10.1. The zero-order valence-electron chi connectivity index (χ0n) is 13.9. The molecule has 0 saturated heterocycles. The predicted molar refractivity (Wildman–Crippen MR) is 94.5 cm³/mol. The Morgan fingerprint density at radius 1 is 1.32 bits per heavy atom. The van der Waals surface area contributed by atoms with E-state index in [9.17, 15) is 9.18 Å². The minimum atomic E-state index is -0.490. The lowest BCUT2D eigenvalue weighted by molar-refractivity contribution is -0.118. The smallest absolute Gasteiger partial charge is 0.239 e. The Balaban J connectivity index is 2.00. The number of nitrogens with two attached hydrogens (primary N) is 1. The Kier molecular flexibility index (Phi) is 4.92. The summed E-state index contributed by atoms with van der Waals surface area (Å²) in [6, 6.07) is 9.17. The largest absolute Gasteiger partial charge is 0.368 e. The van der Waals surface area contributed by atoms with Crippen LogP contribution in [-0.2, 0) is 4.79 Å². The first-order chi connectivity index (χ1) is 12.1. The van der Waals surface area contributed by atoms with Gasteiger partial charge in [-0.25, -0.2) is 9.37 Å². The van der Waals surface area contributed by atoms with E-state index in [2.05, 4.69) is 22.3 Å². The molecule has 1 atom stereocenters. The van der Waals surface area contributed by atoms with Crippen molar-refractivity contribution in [1.29, 1.82) is 0 Å². The Morgan fingerprint density at radius 2 is 2.08 bits per heavy atom. The Bertz CT molecular complexity index is 875. The molecule has 0 spiro atoms. The molecule has 3 rings (SSSR count). The van der Waals surface area contributed by atoms with Crippen LogP contribution in [0.5, 0.6) is 0 Å². The minimum Gasteiger partial charge on any atom is -0.368 e. The van der Waals surface area contributed by atoms with Gasteiger partial charge in [0, 0.05) is 17.7 Å². The third-order valence-electron chi connectivity index (χ3n) is 4.01. The zero-order chi connectivity index (χ0) is 17.8. The molecular formula is C18H20FN5O. The standard InChI is InChI=1S/C18H20FN5O/c1-2-3-4-14(18(20)25)22-17-11-15(12-5-7-13(19)8-6-12)23-16-9-10-21-24(16)17/h5-11,14,22H,2-4H2,1H3,(H2,20,25)/t14-/m0/s1. The number of benzene rings is 1. The summed E-state index contributed by atoms with van der Waals surface area (Å²) in [4.78, 5) is 16.3. The Morgan fingerprint density at radius 3 is 2.76 bits per heavy atom. The van der Waals surface area contributed by atoms with Gasteiger partial charge in [-0.1, -0.05) is 19.8 Å². The van der Waals surface area contributed by atoms with Gasteiger partial charge in [-0.15, -0.1) is 0 Å². The molecule has 0 radical (unpaired) electrons. The van der Waals surface area contributed by atoms with Crippen LogP contribution in [0.2, 0.25) is 0 Å². The highest BCUT2D eigenvalue weighted by Crippen LogP contribution is 2.23. The zero-order valence-corrected chi connectivity index (χ0v) is 13.9. The minimum absolute atomic E-state index is 0.305. The van der Waals surface area contributed by atoms with Crippen LogP contribution in [-0.4, -0.2) is 26.5 Å². The molecule has 1 aromatic carbocycles. The molecule has 3 aromatic rings. The van der Waals surface area contributed by atoms with E-state index in [4.69, 9.17) is 5.73 Å². The van der Waals surface area contributed by atoms with Crippen LogP contribution >= 0.6 is 0 Å². The van der Waals surface area contributed by atoms with Gasteiger partial charge < -0.3 is 11.1 Å². The molecule has 0 bridgehead atoms. The highest BCUT2D eigenvalue weighted by atomic mass is 19.1. The van der Waals surface area contributed by atoms with Crippen LogP contribution in [0.15, 0.2) is 42.6 Å². The van der Waals surface area contributed by atoms with Crippen molar-refractivity contribution in [2.75, 3.05) is 5.32 Å². The first kappa shape index (κ1) is 16.9. The molecule has 1 amide bonds. The number of anilines is 1. The second kappa shape index (κ2) is 7.29. The highest BCUT2D eigenvalue weighted by molar-refractivity contribution is 5.83. The van der Waals surface area contributed by atoms with Crippen LogP contribution in [0, 0.1) is 5.82 Å². The third-order valence-corrected chi connectivity index (χ3v) is 4.01. The Labute approximate surface area is 144 Å². The molecule has 0 aliphatic carbocycles. The van der Waals surface area contributed by atoms with Gasteiger partial charge in [0.05, 0.1) is 11.9 Å². The molecule has 2 aromatic heterocycles. The van der Waals surface area contributed by atoms with Gasteiger partial charge in [0.25, 0.3) is 0 Å². The molecule has 0 aliphatic heterocycles. The summed E-state index contributed by atoms with van der Waals surface area (Å²) in [5.41, 5.74) is 7.59. The van der Waals surface area contributed by atoms with Gasteiger partial charge in [-0.05, 0) is 30.7 Å². The van der Waals surface area contributed by atoms with E-state index < -0.39 is 11.9 Å². The van der Waals surface area contributed by atoms with Crippen molar-refractivity contribution in [3.8, 4) is 11.3 Å². The van der Waals surface area contributed by atoms with Crippen molar-refractivity contribution < 1.29 is 9.18 Å². The summed E-state index contributed by atoms with van der Waals surface area (Å²) in [6.45, 7) is 2.06. The second-order valence-electron chi connectivity index (χ2n) is 5.88. The van der Waals surface area contributed by atoms with Crippen molar-refractivity contribution >= 4 is 17.4 Å². The molecule has 0 unspecified atom stereocenters. The summed E-state index contributed by atoms with van der Waals surface area (Å²) < 4.78 is 14.8. The predicted octanol–water partition coefficient (Wildman–Crippen LogP) is 2.99. The van der Waals surface area contributed by atoms with E-state index in [1.54, 1.807) is 35.0 Å². The van der Waals surface area contributed by atoms with Crippen molar-refractivity contribution in [2.45, 2.75) is 32.2 Å². The van der Waals surface area contributed by atoms with Crippen LogP contribution in [0.25, 0.3) is 16.9 Å². The van der Waals surface area contributed by atoms with Crippen molar-refractivity contribution in [1.82, 2.24) is 14.6 Å². The van der Waals surface area contributed by atoms with Gasteiger partial charge in [-0.3, -0.25) is 4.79 Å². The monoisotopic (exact) mass is 341 g/mol. The second-order valence-corrected chi connectivity index (χ2v) is 5.88. The maximum atomic E-state index is 13.2. The van der Waals surface area contributed by atoms with E-state index in [0.717, 1.165) is 18.4 Å². The number of carbonyl (C=O) groups is 1. The molecule has 7 heteroatoms. The Hall–Kier alpha value is -2.96. The van der Waals surface area contributed by atoms with E-state index in [0.29, 0.717) is 23.6 Å². The SMILES string of the molecule is CCCC[C@H](Nc1cc(-c2ccc(F)cc2)nc2ccnn12)C(N)=O. The van der Waals surface area contributed by atoms with Crippen LogP contribution in [0.3, 0.4) is 0 Å². The lowest BCUT2D eigenvalue weighted by Gasteiger charge is -2.17. The van der Waals surface area contributed by atoms with Gasteiger partial charge in [0.15, 0.2) is 5.65 Å². The number of nitrogens with one attached hydrogen (secondary N) is 1. The summed E-state index contributed by atoms with van der Waals surface area (Å²) in [7, 11) is 0. The van der Waals surface area contributed by atoms with Crippen LogP contribution in [0.1, 0.15) is 26.2 Å². The molecule has 0 saturated carbocycles. The molecule has 0 aliphatic rings. The first-order valence-corrected chi connectivity index (χ1v) is 8.25. The number of nitrogens with zero attached hydrogens (tertiary/aromatic N) is 3. The van der Waals surface area contributed by atoms with Gasteiger partial charge >= 0.3 is 0 Å². The number of hydrogen-bond acceptors (Lipinski definition) is 4. The lowest BCUT2D eigenvalue weighted by Crippen LogP contribution is -2.36. The van der Waals surface area contributed by atoms with E-state index in [-0.39, 0.29) is 5.82 Å². The number of amides is 1.